The Morgan fingerprint density at radius 1 is 1.22 bits per heavy atom. The summed E-state index contributed by atoms with van der Waals surface area (Å²) in [6, 6.07) is 3.41. The molecular weight excluding hydrogens is 294 g/mol. The number of piperidine rings is 1. The van der Waals surface area contributed by atoms with Crippen molar-refractivity contribution in [3.8, 4) is 0 Å². The van der Waals surface area contributed by atoms with Crippen molar-refractivity contribution in [3.63, 3.8) is 0 Å². The first-order chi connectivity index (χ1) is 11.1. The van der Waals surface area contributed by atoms with Crippen molar-refractivity contribution in [3.05, 3.63) is 33.7 Å². The summed E-state index contributed by atoms with van der Waals surface area (Å²) in [6.45, 7) is 8.06. The largest absolute Gasteiger partial charge is 0.379 e. The third-order valence-electron chi connectivity index (χ3n) is 4.81. The zero-order chi connectivity index (χ0) is 16.2. The number of nitrogens with zero attached hydrogens (tertiary/aromatic N) is 2. The maximum Gasteiger partial charge on any atom is 0.260 e. The van der Waals surface area contributed by atoms with Crippen molar-refractivity contribution < 1.29 is 9.53 Å². The molecular formula is C17H25N3O3. The number of hydrogen-bond donors (Lipinski definition) is 1. The van der Waals surface area contributed by atoms with E-state index < -0.39 is 0 Å². The van der Waals surface area contributed by atoms with Gasteiger partial charge in [0, 0.05) is 38.4 Å². The van der Waals surface area contributed by atoms with Crippen LogP contribution in [0.3, 0.4) is 0 Å². The number of carbonyl (C=O) groups is 1. The number of aromatic amines is 1. The van der Waals surface area contributed by atoms with Crippen molar-refractivity contribution in [2.24, 2.45) is 5.92 Å². The van der Waals surface area contributed by atoms with Gasteiger partial charge in [0.05, 0.1) is 13.2 Å². The summed E-state index contributed by atoms with van der Waals surface area (Å²) in [6.07, 6.45) is 2.01. The predicted molar refractivity (Wildman–Crippen MR) is 87.7 cm³/mol. The number of rotatable bonds is 3. The molecule has 6 heteroatoms. The number of likely N-dealkylation sites (tertiary alicyclic amines) is 1. The Morgan fingerprint density at radius 2 is 1.91 bits per heavy atom. The van der Waals surface area contributed by atoms with E-state index in [9.17, 15) is 9.59 Å². The number of H-pyrrole nitrogens is 1. The zero-order valence-electron chi connectivity index (χ0n) is 13.7. The number of morpholine rings is 1. The van der Waals surface area contributed by atoms with Crippen LogP contribution in [-0.2, 0) is 4.74 Å². The van der Waals surface area contributed by atoms with Gasteiger partial charge >= 0.3 is 0 Å². The summed E-state index contributed by atoms with van der Waals surface area (Å²) < 4.78 is 5.38. The smallest absolute Gasteiger partial charge is 0.260 e. The minimum Gasteiger partial charge on any atom is -0.379 e. The molecule has 0 saturated carbocycles. The molecule has 0 atom stereocenters. The monoisotopic (exact) mass is 319 g/mol. The van der Waals surface area contributed by atoms with Gasteiger partial charge in [0.15, 0.2) is 0 Å². The molecule has 1 amide bonds. The molecule has 0 radical (unpaired) electrons. The van der Waals surface area contributed by atoms with E-state index in [-0.39, 0.29) is 17.0 Å². The van der Waals surface area contributed by atoms with E-state index >= 15 is 0 Å². The Kier molecular flexibility index (Phi) is 5.13. The summed E-state index contributed by atoms with van der Waals surface area (Å²) in [7, 11) is 0. The van der Waals surface area contributed by atoms with Crippen LogP contribution in [0.2, 0.25) is 0 Å². The van der Waals surface area contributed by atoms with Crippen LogP contribution in [-0.4, -0.2) is 66.6 Å². The van der Waals surface area contributed by atoms with Crippen molar-refractivity contribution in [2.75, 3.05) is 45.9 Å². The van der Waals surface area contributed by atoms with Crippen molar-refractivity contribution in [1.82, 2.24) is 14.8 Å². The van der Waals surface area contributed by atoms with Gasteiger partial charge in [-0.05, 0) is 37.8 Å². The Labute approximate surface area is 136 Å². The van der Waals surface area contributed by atoms with E-state index in [1.807, 2.05) is 11.8 Å². The third-order valence-corrected chi connectivity index (χ3v) is 4.81. The summed E-state index contributed by atoms with van der Waals surface area (Å²) >= 11 is 0. The molecule has 1 aromatic heterocycles. The Bertz CT molecular complexity index is 599. The Morgan fingerprint density at radius 3 is 2.57 bits per heavy atom. The molecule has 0 unspecified atom stereocenters. The quantitative estimate of drug-likeness (QED) is 0.898. The second kappa shape index (κ2) is 7.27. The molecule has 2 aliphatic heterocycles. The maximum absolute atomic E-state index is 12.5. The van der Waals surface area contributed by atoms with Gasteiger partial charge in [-0.15, -0.1) is 0 Å². The van der Waals surface area contributed by atoms with Gasteiger partial charge in [0.25, 0.3) is 11.5 Å². The fraction of sp³-hybridized carbons (Fsp3) is 0.647. The average molecular weight is 319 g/mol. The fourth-order valence-electron chi connectivity index (χ4n) is 3.38. The highest BCUT2D eigenvalue weighted by molar-refractivity contribution is 5.93. The number of pyridine rings is 1. The molecule has 3 rings (SSSR count). The fourth-order valence-corrected chi connectivity index (χ4v) is 3.38. The number of hydrogen-bond acceptors (Lipinski definition) is 4. The van der Waals surface area contributed by atoms with E-state index in [0.29, 0.717) is 5.92 Å². The molecule has 1 N–H and O–H groups in total. The molecule has 2 saturated heterocycles. The zero-order valence-corrected chi connectivity index (χ0v) is 13.7. The molecule has 23 heavy (non-hydrogen) atoms. The van der Waals surface area contributed by atoms with Crippen LogP contribution in [0.1, 0.15) is 28.9 Å². The molecule has 0 bridgehead atoms. The molecule has 0 aliphatic carbocycles. The lowest BCUT2D eigenvalue weighted by molar-refractivity contribution is 0.0242. The molecule has 0 aromatic carbocycles. The maximum atomic E-state index is 12.5. The highest BCUT2D eigenvalue weighted by Gasteiger charge is 2.26. The van der Waals surface area contributed by atoms with Crippen LogP contribution >= 0.6 is 0 Å². The summed E-state index contributed by atoms with van der Waals surface area (Å²) in [5.74, 6) is 0.490. The molecule has 2 aliphatic rings. The molecule has 1 aromatic rings. The highest BCUT2D eigenvalue weighted by atomic mass is 16.5. The minimum atomic E-state index is -0.287. The van der Waals surface area contributed by atoms with Crippen molar-refractivity contribution in [2.45, 2.75) is 19.8 Å². The molecule has 0 spiro atoms. The number of ether oxygens (including phenoxy) is 1. The van der Waals surface area contributed by atoms with E-state index in [0.717, 1.165) is 64.5 Å². The number of aromatic nitrogens is 1. The van der Waals surface area contributed by atoms with Gasteiger partial charge in [-0.25, -0.2) is 0 Å². The molecule has 6 nitrogen and oxygen atoms in total. The summed E-state index contributed by atoms with van der Waals surface area (Å²) in [5.41, 5.74) is 0.739. The van der Waals surface area contributed by atoms with Gasteiger partial charge in [0.2, 0.25) is 0 Å². The van der Waals surface area contributed by atoms with Crippen LogP contribution in [0.15, 0.2) is 16.9 Å². The summed E-state index contributed by atoms with van der Waals surface area (Å²) in [5, 5.41) is 0. The second-order valence-electron chi connectivity index (χ2n) is 6.53. The topological polar surface area (TPSA) is 65.6 Å². The minimum absolute atomic E-state index is 0.143. The van der Waals surface area contributed by atoms with Crippen LogP contribution in [0, 0.1) is 12.8 Å². The van der Waals surface area contributed by atoms with Crippen LogP contribution in [0.25, 0.3) is 0 Å². The molecule has 126 valence electrons. The number of aryl methyl sites for hydroxylation is 1. The van der Waals surface area contributed by atoms with Gasteiger partial charge < -0.3 is 14.6 Å². The molecule has 2 fully saturated rings. The standard InChI is InChI=1S/C17H25N3O3/c1-13-2-3-15(16(21)18-13)17(22)20-6-4-14(5-7-20)12-19-8-10-23-11-9-19/h2-3,14H,4-12H2,1H3,(H,18,21). The van der Waals surface area contributed by atoms with Crippen LogP contribution in [0.5, 0.6) is 0 Å². The van der Waals surface area contributed by atoms with Gasteiger partial charge in [0.1, 0.15) is 5.56 Å². The van der Waals surface area contributed by atoms with Crippen molar-refractivity contribution in [1.29, 1.82) is 0 Å². The third kappa shape index (κ3) is 4.00. The van der Waals surface area contributed by atoms with E-state index in [1.165, 1.54) is 0 Å². The second-order valence-corrected chi connectivity index (χ2v) is 6.53. The lowest BCUT2D eigenvalue weighted by atomic mass is 9.95. The van der Waals surface area contributed by atoms with Crippen molar-refractivity contribution >= 4 is 5.91 Å². The van der Waals surface area contributed by atoms with Gasteiger partial charge in [-0.1, -0.05) is 0 Å². The Hall–Kier alpha value is -1.66. The number of carbonyl (C=O) groups excluding carboxylic acids is 1. The highest BCUT2D eigenvalue weighted by Crippen LogP contribution is 2.20. The lowest BCUT2D eigenvalue weighted by Crippen LogP contribution is -2.45. The first-order valence-corrected chi connectivity index (χ1v) is 8.43. The van der Waals surface area contributed by atoms with Gasteiger partial charge in [-0.2, -0.15) is 0 Å². The van der Waals surface area contributed by atoms with E-state index in [4.69, 9.17) is 4.74 Å². The molecule has 3 heterocycles. The summed E-state index contributed by atoms with van der Waals surface area (Å²) in [4.78, 5) is 31.4. The number of amides is 1. The van der Waals surface area contributed by atoms with E-state index in [1.54, 1.807) is 12.1 Å². The number of nitrogens with one attached hydrogen (secondary N) is 1. The van der Waals surface area contributed by atoms with Gasteiger partial charge in [-0.3, -0.25) is 14.5 Å². The van der Waals surface area contributed by atoms with Crippen LogP contribution in [0.4, 0.5) is 0 Å². The first-order valence-electron chi connectivity index (χ1n) is 8.43. The lowest BCUT2D eigenvalue weighted by Gasteiger charge is -2.36. The van der Waals surface area contributed by atoms with E-state index in [2.05, 4.69) is 9.88 Å². The van der Waals surface area contributed by atoms with Crippen LogP contribution < -0.4 is 5.56 Å². The normalized spacial score (nSPS) is 20.7. The first kappa shape index (κ1) is 16.2. The Balaban J connectivity index is 1.53. The average Bonchev–Trinajstić information content (AvgIpc) is 2.56. The SMILES string of the molecule is Cc1ccc(C(=O)N2CCC(CN3CCOCC3)CC2)c(=O)[nH]1. The predicted octanol–water partition coefficient (Wildman–Crippen LogP) is 0.868.